The first kappa shape index (κ1) is 14.9. The molecule has 0 N–H and O–H groups in total. The van der Waals surface area contributed by atoms with E-state index in [0.717, 1.165) is 16.0 Å². The number of nitrogens with zero attached hydrogens (tertiary/aromatic N) is 1. The number of rotatable bonds is 4. The Kier molecular flexibility index (Phi) is 3.79. The van der Waals surface area contributed by atoms with Crippen LogP contribution in [0.3, 0.4) is 0 Å². The van der Waals surface area contributed by atoms with Crippen LogP contribution in [0.15, 0.2) is 35.7 Å². The second-order valence-electron chi connectivity index (χ2n) is 4.49. The molecule has 0 aromatic heterocycles. The lowest BCUT2D eigenvalue weighted by Gasteiger charge is -2.27. The maximum Gasteiger partial charge on any atom is 0.232 e. The van der Waals surface area contributed by atoms with E-state index < -0.39 is 25.9 Å². The first-order valence-electron chi connectivity index (χ1n) is 5.77. The van der Waals surface area contributed by atoms with Crippen LogP contribution >= 0.6 is 0 Å². The SMILES string of the molecule is COc1cccc(N(C2C=CS(=O)(=O)C2)S(C)(=O)=O)c1. The summed E-state index contributed by atoms with van der Waals surface area (Å²) in [6.07, 6.45) is 2.43. The molecule has 1 aliphatic heterocycles. The van der Waals surface area contributed by atoms with Crippen molar-refractivity contribution in [3.63, 3.8) is 0 Å². The number of hydrogen-bond donors (Lipinski definition) is 0. The van der Waals surface area contributed by atoms with E-state index in [4.69, 9.17) is 4.74 Å². The maximum atomic E-state index is 12.0. The van der Waals surface area contributed by atoms with E-state index in [1.165, 1.54) is 13.2 Å². The van der Waals surface area contributed by atoms with Gasteiger partial charge in [0, 0.05) is 11.5 Å². The Morgan fingerprint density at radius 2 is 2.05 bits per heavy atom. The van der Waals surface area contributed by atoms with Crippen molar-refractivity contribution in [2.75, 3.05) is 23.4 Å². The Hall–Kier alpha value is -1.54. The van der Waals surface area contributed by atoms with Crippen LogP contribution in [-0.4, -0.2) is 42.0 Å². The minimum absolute atomic E-state index is 0.253. The fourth-order valence-corrected chi connectivity index (χ4v) is 4.58. The highest BCUT2D eigenvalue weighted by Crippen LogP contribution is 2.28. The molecule has 0 fully saturated rings. The summed E-state index contributed by atoms with van der Waals surface area (Å²) in [5.41, 5.74) is 0.374. The number of methoxy groups -OCH3 is 1. The van der Waals surface area contributed by atoms with Crippen molar-refractivity contribution < 1.29 is 21.6 Å². The summed E-state index contributed by atoms with van der Waals surface area (Å²) in [5.74, 6) is 0.248. The van der Waals surface area contributed by atoms with E-state index in [9.17, 15) is 16.8 Å². The van der Waals surface area contributed by atoms with Crippen molar-refractivity contribution in [2.24, 2.45) is 0 Å². The van der Waals surface area contributed by atoms with E-state index in [2.05, 4.69) is 0 Å². The monoisotopic (exact) mass is 317 g/mol. The van der Waals surface area contributed by atoms with Crippen LogP contribution in [0.4, 0.5) is 5.69 Å². The zero-order valence-corrected chi connectivity index (χ0v) is 12.7. The molecule has 1 heterocycles. The van der Waals surface area contributed by atoms with E-state index in [-0.39, 0.29) is 5.75 Å². The molecule has 0 amide bonds. The highest BCUT2D eigenvalue weighted by atomic mass is 32.2. The fraction of sp³-hybridized carbons (Fsp3) is 0.333. The van der Waals surface area contributed by atoms with Crippen LogP contribution < -0.4 is 9.04 Å². The summed E-state index contributed by atoms with van der Waals surface area (Å²) in [6.45, 7) is 0. The number of sulfone groups is 1. The molecule has 0 aliphatic carbocycles. The molecule has 1 atom stereocenters. The van der Waals surface area contributed by atoms with Gasteiger partial charge in [0.05, 0.1) is 30.8 Å². The molecule has 1 aliphatic rings. The Bertz CT molecular complexity index is 737. The summed E-state index contributed by atoms with van der Waals surface area (Å²) in [7, 11) is -5.48. The Morgan fingerprint density at radius 1 is 1.35 bits per heavy atom. The Morgan fingerprint density at radius 3 is 2.55 bits per heavy atom. The van der Waals surface area contributed by atoms with Crippen molar-refractivity contribution in [1.82, 2.24) is 0 Å². The van der Waals surface area contributed by atoms with Gasteiger partial charge in [0.2, 0.25) is 10.0 Å². The van der Waals surface area contributed by atoms with Gasteiger partial charge in [-0.15, -0.1) is 0 Å². The molecular weight excluding hydrogens is 302 g/mol. The largest absolute Gasteiger partial charge is 0.497 e. The predicted octanol–water partition coefficient (Wildman–Crippen LogP) is 0.772. The topological polar surface area (TPSA) is 80.8 Å². The van der Waals surface area contributed by atoms with Gasteiger partial charge in [-0.2, -0.15) is 0 Å². The van der Waals surface area contributed by atoms with Gasteiger partial charge in [0.1, 0.15) is 5.75 Å². The van der Waals surface area contributed by atoms with Gasteiger partial charge in [-0.3, -0.25) is 4.31 Å². The zero-order valence-electron chi connectivity index (χ0n) is 11.1. The standard InChI is InChI=1S/C12H15NO5S2/c1-18-12-5-3-4-10(8-12)13(19(2,14)15)11-6-7-20(16,17)9-11/h3-8,11H,9H2,1-2H3. The zero-order chi connectivity index (χ0) is 15.0. The Balaban J connectivity index is 2.47. The van der Waals surface area contributed by atoms with Crippen molar-refractivity contribution in [3.8, 4) is 5.75 Å². The van der Waals surface area contributed by atoms with Crippen LogP contribution in [0.2, 0.25) is 0 Å². The van der Waals surface area contributed by atoms with Gasteiger partial charge in [-0.25, -0.2) is 16.8 Å². The summed E-state index contributed by atoms with van der Waals surface area (Å²) in [4.78, 5) is 0. The summed E-state index contributed by atoms with van der Waals surface area (Å²) >= 11 is 0. The van der Waals surface area contributed by atoms with Gasteiger partial charge in [-0.05, 0) is 18.2 Å². The lowest BCUT2D eigenvalue weighted by Crippen LogP contribution is -2.40. The van der Waals surface area contributed by atoms with Crippen molar-refractivity contribution >= 4 is 25.5 Å². The van der Waals surface area contributed by atoms with E-state index in [0.29, 0.717) is 11.4 Å². The summed E-state index contributed by atoms with van der Waals surface area (Å²) in [5, 5.41) is 1.05. The number of anilines is 1. The second kappa shape index (κ2) is 5.10. The highest BCUT2D eigenvalue weighted by Gasteiger charge is 2.32. The van der Waals surface area contributed by atoms with E-state index in [1.807, 2.05) is 0 Å². The minimum Gasteiger partial charge on any atom is -0.497 e. The average molecular weight is 317 g/mol. The van der Waals surface area contributed by atoms with Gasteiger partial charge in [-0.1, -0.05) is 6.07 Å². The van der Waals surface area contributed by atoms with Gasteiger partial charge >= 0.3 is 0 Å². The third-order valence-corrected chi connectivity index (χ3v) is 5.45. The number of ether oxygens (including phenoxy) is 1. The van der Waals surface area contributed by atoms with E-state index >= 15 is 0 Å². The normalized spacial score (nSPS) is 20.8. The molecule has 0 bridgehead atoms. The van der Waals surface area contributed by atoms with Crippen LogP contribution in [0.5, 0.6) is 5.75 Å². The summed E-state index contributed by atoms with van der Waals surface area (Å²) < 4.78 is 53.1. The van der Waals surface area contributed by atoms with Crippen LogP contribution in [0, 0.1) is 0 Å². The van der Waals surface area contributed by atoms with Gasteiger partial charge in [0.25, 0.3) is 0 Å². The van der Waals surface area contributed by atoms with Gasteiger partial charge in [0.15, 0.2) is 9.84 Å². The molecule has 6 nitrogen and oxygen atoms in total. The molecule has 1 unspecified atom stereocenters. The molecule has 8 heteroatoms. The third-order valence-electron chi connectivity index (χ3n) is 2.88. The second-order valence-corrected chi connectivity index (χ2v) is 8.28. The smallest absolute Gasteiger partial charge is 0.232 e. The van der Waals surface area contributed by atoms with Crippen LogP contribution in [0.25, 0.3) is 0 Å². The van der Waals surface area contributed by atoms with Crippen molar-refractivity contribution in [2.45, 2.75) is 6.04 Å². The van der Waals surface area contributed by atoms with Crippen LogP contribution in [0.1, 0.15) is 0 Å². The molecule has 110 valence electrons. The third kappa shape index (κ3) is 3.13. The highest BCUT2D eigenvalue weighted by molar-refractivity contribution is 7.95. The molecule has 1 aromatic rings. The first-order chi connectivity index (χ1) is 9.23. The molecular formula is C12H15NO5S2. The Labute approximate surface area is 118 Å². The van der Waals surface area contributed by atoms with E-state index in [1.54, 1.807) is 24.3 Å². The molecule has 0 radical (unpaired) electrons. The summed E-state index contributed by atoms with van der Waals surface area (Å²) in [6, 6.07) is 5.76. The molecule has 0 saturated carbocycles. The molecule has 0 saturated heterocycles. The quantitative estimate of drug-likeness (QED) is 0.819. The van der Waals surface area contributed by atoms with Crippen LogP contribution in [-0.2, 0) is 19.9 Å². The van der Waals surface area contributed by atoms with Crippen molar-refractivity contribution in [1.29, 1.82) is 0 Å². The maximum absolute atomic E-state index is 12.0. The molecule has 1 aromatic carbocycles. The minimum atomic E-state index is -3.61. The number of sulfonamides is 1. The number of hydrogen-bond acceptors (Lipinski definition) is 5. The average Bonchev–Trinajstić information content (AvgIpc) is 2.68. The molecule has 2 rings (SSSR count). The lowest BCUT2D eigenvalue weighted by atomic mass is 10.2. The van der Waals surface area contributed by atoms with Crippen molar-refractivity contribution in [3.05, 3.63) is 35.7 Å². The first-order valence-corrected chi connectivity index (χ1v) is 9.34. The predicted molar refractivity (Wildman–Crippen MR) is 77.0 cm³/mol. The molecule has 0 spiro atoms. The molecule has 20 heavy (non-hydrogen) atoms. The number of benzene rings is 1. The fourth-order valence-electron chi connectivity index (χ4n) is 2.08. The lowest BCUT2D eigenvalue weighted by molar-refractivity contribution is 0.415. The van der Waals surface area contributed by atoms with Gasteiger partial charge < -0.3 is 4.74 Å².